The van der Waals surface area contributed by atoms with Crippen LogP contribution in [-0.2, 0) is 9.09 Å². The third kappa shape index (κ3) is 24.9. The first-order valence-corrected chi connectivity index (χ1v) is 4.93. The standard InChI is InChI=1S/C2H5Cl2N.C2H7O3P/c1-2-5(3)4;1-2-5-6(3)4/h2H2,1H3;6H,2H2,1H3,(H,3,4). The van der Waals surface area contributed by atoms with Crippen LogP contribution in [0.4, 0.5) is 0 Å². The Morgan fingerprint density at radius 1 is 1.55 bits per heavy atom. The molecule has 0 aliphatic carbocycles. The third-order valence-electron chi connectivity index (χ3n) is 0.507. The minimum absolute atomic E-state index is 0.314. The summed E-state index contributed by atoms with van der Waals surface area (Å²) in [5.41, 5.74) is 0. The van der Waals surface area contributed by atoms with Gasteiger partial charge in [0.1, 0.15) is 0 Å². The molecule has 0 saturated carbocycles. The van der Waals surface area contributed by atoms with Gasteiger partial charge < -0.3 is 9.42 Å². The van der Waals surface area contributed by atoms with Crippen molar-refractivity contribution in [2.45, 2.75) is 13.8 Å². The molecule has 0 aliphatic rings. The van der Waals surface area contributed by atoms with Gasteiger partial charge in [-0.15, -0.1) is 3.94 Å². The molecule has 4 nitrogen and oxygen atoms in total. The molecular weight excluding hydrogens is 212 g/mol. The fraction of sp³-hybridized carbons (Fsp3) is 1.00. The van der Waals surface area contributed by atoms with Gasteiger partial charge >= 0.3 is 8.25 Å². The van der Waals surface area contributed by atoms with Crippen LogP contribution in [-0.4, -0.2) is 22.0 Å². The summed E-state index contributed by atoms with van der Waals surface area (Å²) in [4.78, 5) is 7.88. The minimum Gasteiger partial charge on any atom is -0.326 e. The number of hydrogen-bond donors (Lipinski definition) is 1. The molecule has 70 valence electrons. The molecule has 0 rings (SSSR count). The van der Waals surface area contributed by atoms with Crippen molar-refractivity contribution in [3.8, 4) is 0 Å². The predicted molar refractivity (Wildman–Crippen MR) is 46.9 cm³/mol. The van der Waals surface area contributed by atoms with Crippen LogP contribution >= 0.6 is 31.8 Å². The van der Waals surface area contributed by atoms with Crippen molar-refractivity contribution in [3.05, 3.63) is 0 Å². The van der Waals surface area contributed by atoms with E-state index in [2.05, 4.69) is 4.52 Å². The van der Waals surface area contributed by atoms with E-state index in [1.165, 1.54) is 0 Å². The molecule has 0 radical (unpaired) electrons. The lowest BCUT2D eigenvalue weighted by Crippen LogP contribution is -1.91. The van der Waals surface area contributed by atoms with Crippen LogP contribution in [0.5, 0.6) is 0 Å². The van der Waals surface area contributed by atoms with Crippen LogP contribution in [0, 0.1) is 0 Å². The van der Waals surface area contributed by atoms with E-state index in [4.69, 9.17) is 28.4 Å². The van der Waals surface area contributed by atoms with Crippen molar-refractivity contribution < 1.29 is 14.0 Å². The highest BCUT2D eigenvalue weighted by Gasteiger charge is 1.81. The summed E-state index contributed by atoms with van der Waals surface area (Å²) in [5, 5.41) is 0. The summed E-state index contributed by atoms with van der Waals surface area (Å²) >= 11 is 10.1. The summed E-state index contributed by atoms with van der Waals surface area (Å²) in [5.74, 6) is 0. The van der Waals surface area contributed by atoms with Crippen molar-refractivity contribution in [2.75, 3.05) is 13.2 Å². The lowest BCUT2D eigenvalue weighted by atomic mass is 10.8. The Hall–Kier alpha value is 0.690. The van der Waals surface area contributed by atoms with Crippen molar-refractivity contribution in [3.63, 3.8) is 0 Å². The molecule has 0 aliphatic heterocycles. The Labute approximate surface area is 77.2 Å². The molecule has 0 fully saturated rings. The molecule has 0 bridgehead atoms. The van der Waals surface area contributed by atoms with Gasteiger partial charge in [0.2, 0.25) is 0 Å². The Morgan fingerprint density at radius 2 is 1.91 bits per heavy atom. The topological polar surface area (TPSA) is 49.8 Å². The van der Waals surface area contributed by atoms with E-state index in [0.717, 1.165) is 3.94 Å². The Morgan fingerprint density at radius 3 is 1.91 bits per heavy atom. The van der Waals surface area contributed by atoms with Crippen molar-refractivity contribution >= 4 is 31.8 Å². The second kappa shape index (κ2) is 10.7. The van der Waals surface area contributed by atoms with Crippen molar-refractivity contribution in [1.29, 1.82) is 0 Å². The van der Waals surface area contributed by atoms with E-state index in [9.17, 15) is 4.57 Å². The fourth-order valence-corrected chi connectivity index (χ4v) is 0.370. The van der Waals surface area contributed by atoms with E-state index in [0.29, 0.717) is 13.2 Å². The second-order valence-electron chi connectivity index (χ2n) is 1.32. The monoisotopic (exact) mass is 223 g/mol. The molecule has 1 N–H and O–H groups in total. The molecule has 0 heterocycles. The first-order chi connectivity index (χ1) is 5.04. The van der Waals surface area contributed by atoms with Gasteiger partial charge in [-0.25, -0.2) is 0 Å². The average molecular weight is 224 g/mol. The average Bonchev–Trinajstić information content (AvgIpc) is 1.89. The number of nitrogens with zero attached hydrogens (tertiary/aromatic N) is 1. The molecule has 0 spiro atoms. The number of rotatable bonds is 3. The summed E-state index contributed by atoms with van der Waals surface area (Å²) < 4.78 is 14.8. The third-order valence-corrected chi connectivity index (χ3v) is 1.52. The Bertz CT molecular complexity index is 103. The van der Waals surface area contributed by atoms with Crippen LogP contribution in [0.2, 0.25) is 0 Å². The molecule has 11 heavy (non-hydrogen) atoms. The first-order valence-electron chi connectivity index (χ1n) is 2.99. The number of hydrogen-bond acceptors (Lipinski definition) is 3. The zero-order valence-corrected chi connectivity index (χ0v) is 8.89. The molecule has 0 aromatic rings. The zero-order valence-electron chi connectivity index (χ0n) is 6.38. The molecule has 0 amide bonds. The van der Waals surface area contributed by atoms with Crippen LogP contribution in [0.3, 0.4) is 0 Å². The molecule has 1 atom stereocenters. The van der Waals surface area contributed by atoms with Gasteiger partial charge in [0.05, 0.1) is 6.61 Å². The van der Waals surface area contributed by atoms with Crippen molar-refractivity contribution in [2.24, 2.45) is 0 Å². The highest BCUT2D eigenvalue weighted by atomic mass is 35.5. The van der Waals surface area contributed by atoms with E-state index in [-0.39, 0.29) is 0 Å². The molecule has 0 aromatic carbocycles. The Balaban J connectivity index is 0. The fourth-order valence-electron chi connectivity index (χ4n) is 0.123. The maximum Gasteiger partial charge on any atom is 0.316 e. The van der Waals surface area contributed by atoms with Crippen LogP contribution in [0.25, 0.3) is 0 Å². The zero-order chi connectivity index (χ0) is 9.28. The summed E-state index contributed by atoms with van der Waals surface area (Å²) in [6, 6.07) is 0. The van der Waals surface area contributed by atoms with Gasteiger partial charge in [0.25, 0.3) is 0 Å². The van der Waals surface area contributed by atoms with Gasteiger partial charge in [-0.05, 0) is 37.4 Å². The van der Waals surface area contributed by atoms with Gasteiger partial charge in [0, 0.05) is 6.54 Å². The van der Waals surface area contributed by atoms with E-state index >= 15 is 0 Å². The van der Waals surface area contributed by atoms with Crippen molar-refractivity contribution in [1.82, 2.24) is 3.94 Å². The summed E-state index contributed by atoms with van der Waals surface area (Å²) in [6.07, 6.45) is 0. The van der Waals surface area contributed by atoms with Gasteiger partial charge in [-0.3, -0.25) is 4.57 Å². The molecule has 0 aromatic heterocycles. The molecule has 0 saturated heterocycles. The highest BCUT2D eigenvalue weighted by molar-refractivity contribution is 7.32. The normalized spacial score (nSPS) is 12.2. The quantitative estimate of drug-likeness (QED) is 0.588. The van der Waals surface area contributed by atoms with Crippen LogP contribution < -0.4 is 0 Å². The Kier molecular flexibility index (Phi) is 13.8. The first kappa shape index (κ1) is 14.2. The maximum atomic E-state index is 9.56. The summed E-state index contributed by atoms with van der Waals surface area (Å²) in [6.45, 7) is 4.51. The molecular formula is C4H12Cl2NO3P. The largest absolute Gasteiger partial charge is 0.326 e. The van der Waals surface area contributed by atoms with Crippen LogP contribution in [0.15, 0.2) is 0 Å². The van der Waals surface area contributed by atoms with Gasteiger partial charge in [0.15, 0.2) is 0 Å². The highest BCUT2D eigenvalue weighted by Crippen LogP contribution is 2.12. The summed E-state index contributed by atoms with van der Waals surface area (Å²) in [7, 11) is -2.64. The minimum atomic E-state index is -2.64. The van der Waals surface area contributed by atoms with E-state index in [1.54, 1.807) is 6.92 Å². The predicted octanol–water partition coefficient (Wildman–Crippen LogP) is 2.02. The van der Waals surface area contributed by atoms with E-state index in [1.807, 2.05) is 6.92 Å². The van der Waals surface area contributed by atoms with E-state index < -0.39 is 8.25 Å². The molecule has 7 heteroatoms. The maximum absolute atomic E-state index is 9.56. The van der Waals surface area contributed by atoms with Crippen LogP contribution in [0.1, 0.15) is 13.8 Å². The van der Waals surface area contributed by atoms with Gasteiger partial charge in [-0.1, -0.05) is 0 Å². The second-order valence-corrected chi connectivity index (χ2v) is 3.13. The molecule has 1 unspecified atom stereocenters. The lowest BCUT2D eigenvalue weighted by Gasteiger charge is -1.90. The number of halogens is 2. The SMILES string of the molecule is CCN(Cl)Cl.CCO[PH](=O)O. The lowest BCUT2D eigenvalue weighted by molar-refractivity contribution is 0.297. The smallest absolute Gasteiger partial charge is 0.316 e. The van der Waals surface area contributed by atoms with Gasteiger partial charge in [-0.2, -0.15) is 0 Å².